The molecule has 21 heavy (non-hydrogen) atoms. The molecule has 1 aromatic heterocycles. The third-order valence-corrected chi connectivity index (χ3v) is 5.30. The highest BCUT2D eigenvalue weighted by atomic mass is 79.9. The molecule has 7 heteroatoms. The van der Waals surface area contributed by atoms with Crippen LogP contribution in [0.1, 0.15) is 6.92 Å². The molecule has 108 valence electrons. The number of carbonyl (C=O) groups excluding carboxylic acids is 1. The molecule has 0 aliphatic carbocycles. The fourth-order valence-electron chi connectivity index (χ4n) is 2.02. The summed E-state index contributed by atoms with van der Waals surface area (Å²) in [5.74, 6) is 1.39. The van der Waals surface area contributed by atoms with E-state index >= 15 is 0 Å². The quantitative estimate of drug-likeness (QED) is 0.589. The molecule has 3 rings (SSSR count). The van der Waals surface area contributed by atoms with Crippen LogP contribution in [0, 0.1) is 0 Å². The Kier molecular flexibility index (Phi) is 4.49. The van der Waals surface area contributed by atoms with Crippen molar-refractivity contribution >= 4 is 67.8 Å². The summed E-state index contributed by atoms with van der Waals surface area (Å²) in [5, 5.41) is 0.626. The van der Waals surface area contributed by atoms with Gasteiger partial charge < -0.3 is 0 Å². The molecule has 0 saturated carbocycles. The minimum Gasteiger partial charge on any atom is -0.261 e. The number of carbonyl (C=O) groups is 1. The van der Waals surface area contributed by atoms with Crippen molar-refractivity contribution in [2.24, 2.45) is 0 Å². The molecule has 1 aliphatic rings. The normalized spacial score (nSPS) is 12.8. The minimum absolute atomic E-state index is 0.0301. The average Bonchev–Trinajstić information content (AvgIpc) is 2.44. The van der Waals surface area contributed by atoms with Crippen molar-refractivity contribution in [1.82, 2.24) is 4.98 Å². The summed E-state index contributed by atoms with van der Waals surface area (Å²) in [7, 11) is 0. The van der Waals surface area contributed by atoms with E-state index in [1.54, 1.807) is 28.9 Å². The van der Waals surface area contributed by atoms with Crippen molar-refractivity contribution in [3.8, 4) is 0 Å². The topological polar surface area (TPSA) is 33.2 Å². The zero-order valence-corrected chi connectivity index (χ0v) is 14.9. The second-order valence-corrected chi connectivity index (χ2v) is 7.87. The van der Waals surface area contributed by atoms with Crippen LogP contribution in [-0.2, 0) is 0 Å². The van der Waals surface area contributed by atoms with Crippen LogP contribution in [0.4, 0.5) is 16.3 Å². The minimum atomic E-state index is -0.0301. The molecule has 0 atom stereocenters. The van der Waals surface area contributed by atoms with Gasteiger partial charge in [-0.15, -0.1) is 0 Å². The lowest BCUT2D eigenvalue weighted by Gasteiger charge is -2.29. The first kappa shape index (κ1) is 15.2. The van der Waals surface area contributed by atoms with Crippen molar-refractivity contribution in [1.29, 1.82) is 0 Å². The average molecular weight is 402 g/mol. The van der Waals surface area contributed by atoms with E-state index in [0.717, 1.165) is 25.7 Å². The fraction of sp³-hybridized carbons (Fsp3) is 0.143. The van der Waals surface area contributed by atoms with Crippen molar-refractivity contribution in [2.75, 3.05) is 10.7 Å². The van der Waals surface area contributed by atoms with Crippen LogP contribution in [0.15, 0.2) is 44.7 Å². The van der Waals surface area contributed by atoms with Crippen LogP contribution in [0.25, 0.3) is 0 Å². The number of amides is 1. The van der Waals surface area contributed by atoms with Gasteiger partial charge >= 0.3 is 0 Å². The highest BCUT2D eigenvalue weighted by molar-refractivity contribution is 9.10. The molecule has 1 amide bonds. The van der Waals surface area contributed by atoms with Crippen molar-refractivity contribution < 1.29 is 4.79 Å². The van der Waals surface area contributed by atoms with Crippen LogP contribution < -0.4 is 4.90 Å². The summed E-state index contributed by atoms with van der Waals surface area (Å²) in [6.07, 6.45) is 1.71. The summed E-state index contributed by atoms with van der Waals surface area (Å²) in [5.41, 5.74) is 0.831. The van der Waals surface area contributed by atoms with Crippen molar-refractivity contribution in [3.05, 3.63) is 40.0 Å². The lowest BCUT2D eigenvalue weighted by Crippen LogP contribution is -2.26. The zero-order valence-electron chi connectivity index (χ0n) is 11.0. The number of pyridine rings is 1. The molecular weight excluding hydrogens is 392 g/mol. The first-order valence-corrected chi connectivity index (χ1v) is 9.17. The number of benzene rings is 1. The number of fused-ring (bicyclic) bond motifs is 2. The molecule has 0 bridgehead atoms. The SMILES string of the molecule is CCSC(=O)N1c2ccc(Cl)cc2Sc2cc(Br)cnc21. The number of halogens is 2. The van der Waals surface area contributed by atoms with E-state index in [9.17, 15) is 4.79 Å². The summed E-state index contributed by atoms with van der Waals surface area (Å²) in [6, 6.07) is 7.50. The standard InChI is InChI=1S/C14H10BrClN2OS2/c1-2-20-14(19)18-10-4-3-9(16)6-11(10)21-12-5-8(15)7-17-13(12)18/h3-7H,2H2,1H3. The highest BCUT2D eigenvalue weighted by Crippen LogP contribution is 2.49. The van der Waals surface area contributed by atoms with Gasteiger partial charge in [-0.05, 0) is 45.9 Å². The van der Waals surface area contributed by atoms with Crippen LogP contribution >= 0.6 is 51.1 Å². The molecular formula is C14H10BrClN2OS2. The van der Waals surface area contributed by atoms with E-state index in [1.807, 2.05) is 25.1 Å². The molecule has 0 N–H and O–H groups in total. The van der Waals surface area contributed by atoms with E-state index in [0.29, 0.717) is 10.8 Å². The van der Waals surface area contributed by atoms with E-state index in [-0.39, 0.29) is 5.24 Å². The molecule has 0 spiro atoms. The van der Waals surface area contributed by atoms with Gasteiger partial charge in [0.25, 0.3) is 5.24 Å². The Balaban J connectivity index is 2.16. The van der Waals surface area contributed by atoms with Crippen LogP contribution in [0.3, 0.4) is 0 Å². The van der Waals surface area contributed by atoms with Crippen LogP contribution in [0.2, 0.25) is 5.02 Å². The van der Waals surface area contributed by atoms with Gasteiger partial charge in [0.15, 0.2) is 5.82 Å². The Bertz CT molecular complexity index is 675. The number of aromatic nitrogens is 1. The maximum Gasteiger partial charge on any atom is 0.291 e. The third kappa shape index (κ3) is 2.95. The summed E-state index contributed by atoms with van der Waals surface area (Å²) in [6.45, 7) is 1.96. The van der Waals surface area contributed by atoms with Gasteiger partial charge in [0.05, 0.1) is 10.6 Å². The molecule has 0 fully saturated rings. The molecule has 1 aromatic carbocycles. The van der Waals surface area contributed by atoms with E-state index in [2.05, 4.69) is 20.9 Å². The van der Waals surface area contributed by atoms with Gasteiger partial charge in [-0.3, -0.25) is 9.69 Å². The Morgan fingerprint density at radius 2 is 2.24 bits per heavy atom. The summed E-state index contributed by atoms with van der Waals surface area (Å²) >= 11 is 12.3. The number of anilines is 2. The Morgan fingerprint density at radius 3 is 3.00 bits per heavy atom. The number of hydrogen-bond acceptors (Lipinski definition) is 4. The molecule has 3 nitrogen and oxygen atoms in total. The highest BCUT2D eigenvalue weighted by Gasteiger charge is 2.29. The van der Waals surface area contributed by atoms with Gasteiger partial charge in [0.1, 0.15) is 0 Å². The van der Waals surface area contributed by atoms with Gasteiger partial charge in [0.2, 0.25) is 0 Å². The zero-order chi connectivity index (χ0) is 15.0. The molecule has 0 saturated heterocycles. The lowest BCUT2D eigenvalue weighted by molar-refractivity contribution is 0.266. The van der Waals surface area contributed by atoms with Crippen molar-refractivity contribution in [3.63, 3.8) is 0 Å². The Hall–Kier alpha value is -0.690. The molecule has 1 aliphatic heterocycles. The Labute approximate surface area is 144 Å². The van der Waals surface area contributed by atoms with E-state index in [4.69, 9.17) is 11.6 Å². The molecule has 0 radical (unpaired) electrons. The largest absolute Gasteiger partial charge is 0.291 e. The number of hydrogen-bond donors (Lipinski definition) is 0. The molecule has 2 heterocycles. The number of thioether (sulfide) groups is 1. The second kappa shape index (κ2) is 6.20. The number of nitrogens with zero attached hydrogens (tertiary/aromatic N) is 2. The van der Waals surface area contributed by atoms with E-state index in [1.165, 1.54) is 11.8 Å². The van der Waals surface area contributed by atoms with Gasteiger partial charge in [-0.1, -0.05) is 42.0 Å². The van der Waals surface area contributed by atoms with E-state index < -0.39 is 0 Å². The summed E-state index contributed by atoms with van der Waals surface area (Å²) in [4.78, 5) is 20.5. The molecule has 2 aromatic rings. The van der Waals surface area contributed by atoms with Crippen molar-refractivity contribution in [2.45, 2.75) is 16.7 Å². The predicted octanol–water partition coefficient (Wildman–Crippen LogP) is 5.97. The fourth-order valence-corrected chi connectivity index (χ4v) is 4.40. The first-order valence-electron chi connectivity index (χ1n) is 6.20. The monoisotopic (exact) mass is 400 g/mol. The maximum atomic E-state index is 12.5. The molecule has 0 unspecified atom stereocenters. The lowest BCUT2D eigenvalue weighted by atomic mass is 10.3. The Morgan fingerprint density at radius 1 is 1.43 bits per heavy atom. The van der Waals surface area contributed by atoms with Gasteiger partial charge in [-0.25, -0.2) is 4.98 Å². The smallest absolute Gasteiger partial charge is 0.261 e. The third-order valence-electron chi connectivity index (χ3n) is 2.84. The van der Waals surface area contributed by atoms with Crippen LogP contribution in [-0.4, -0.2) is 16.0 Å². The first-order chi connectivity index (χ1) is 10.1. The van der Waals surface area contributed by atoms with Crippen LogP contribution in [0.5, 0.6) is 0 Å². The summed E-state index contributed by atoms with van der Waals surface area (Å²) < 4.78 is 0.884. The van der Waals surface area contributed by atoms with Gasteiger partial charge in [-0.2, -0.15) is 0 Å². The second-order valence-electron chi connectivity index (χ2n) is 4.22. The predicted molar refractivity (Wildman–Crippen MR) is 93.2 cm³/mol. The van der Waals surface area contributed by atoms with Gasteiger partial charge in [0, 0.05) is 20.6 Å². The number of rotatable bonds is 1. The maximum absolute atomic E-state index is 12.5.